The third-order valence-electron chi connectivity index (χ3n) is 8.58. The van der Waals surface area contributed by atoms with Crippen LogP contribution in [0, 0.1) is 0 Å². The SMILES string of the molecule is CCOC(=O)CC(=O)CC1(O)CCC[C@@H](C[C@H](CCOCc2ccccc2)O[Si](c2ccccc2)(c2ccccc2)C(C)(C)C)O1. The van der Waals surface area contributed by atoms with Crippen LogP contribution in [0.3, 0.4) is 0 Å². The van der Waals surface area contributed by atoms with Gasteiger partial charge in [0, 0.05) is 13.0 Å². The van der Waals surface area contributed by atoms with Crippen LogP contribution in [0.1, 0.15) is 78.2 Å². The van der Waals surface area contributed by atoms with Gasteiger partial charge >= 0.3 is 5.97 Å². The minimum atomic E-state index is -2.89. The number of esters is 1. The predicted molar refractivity (Wildman–Crippen MR) is 182 cm³/mol. The maximum atomic E-state index is 12.7. The van der Waals surface area contributed by atoms with E-state index in [0.29, 0.717) is 38.9 Å². The van der Waals surface area contributed by atoms with E-state index in [-0.39, 0.29) is 36.7 Å². The molecule has 1 heterocycles. The Labute approximate surface area is 275 Å². The van der Waals surface area contributed by atoms with Crippen molar-refractivity contribution in [1.82, 2.24) is 0 Å². The number of rotatable bonds is 16. The molecule has 46 heavy (non-hydrogen) atoms. The zero-order chi connectivity index (χ0) is 33.0. The summed E-state index contributed by atoms with van der Waals surface area (Å²) in [6, 6.07) is 31.2. The van der Waals surface area contributed by atoms with Crippen LogP contribution in [0.5, 0.6) is 0 Å². The van der Waals surface area contributed by atoms with Gasteiger partial charge in [-0.05, 0) is 53.6 Å². The Hall–Kier alpha value is -3.14. The summed E-state index contributed by atoms with van der Waals surface area (Å²) < 4.78 is 24.9. The molecule has 0 aliphatic carbocycles. The molecule has 7 nitrogen and oxygen atoms in total. The molecule has 1 unspecified atom stereocenters. The van der Waals surface area contributed by atoms with Crippen LogP contribution in [0.25, 0.3) is 0 Å². The maximum Gasteiger partial charge on any atom is 0.313 e. The van der Waals surface area contributed by atoms with Gasteiger partial charge in [0.05, 0.1) is 31.8 Å². The molecule has 3 aromatic rings. The monoisotopic (exact) mass is 646 g/mol. The average Bonchev–Trinajstić information content (AvgIpc) is 3.02. The highest BCUT2D eigenvalue weighted by Crippen LogP contribution is 2.39. The maximum absolute atomic E-state index is 12.7. The minimum absolute atomic E-state index is 0.205. The van der Waals surface area contributed by atoms with Crippen molar-refractivity contribution < 1.29 is 33.3 Å². The summed E-state index contributed by atoms with van der Waals surface area (Å²) in [6.45, 7) is 9.68. The summed E-state index contributed by atoms with van der Waals surface area (Å²) in [5.74, 6) is -2.60. The van der Waals surface area contributed by atoms with Crippen molar-refractivity contribution in [3.05, 3.63) is 96.6 Å². The molecule has 0 bridgehead atoms. The summed E-state index contributed by atoms with van der Waals surface area (Å²) in [6.07, 6.45) is 1.75. The molecular weight excluding hydrogens is 596 g/mol. The number of carbonyl (C=O) groups excluding carboxylic acids is 2. The summed E-state index contributed by atoms with van der Waals surface area (Å²) >= 11 is 0. The molecule has 1 aliphatic rings. The van der Waals surface area contributed by atoms with Crippen molar-refractivity contribution >= 4 is 30.4 Å². The molecule has 3 atom stereocenters. The van der Waals surface area contributed by atoms with E-state index in [1.54, 1.807) is 6.92 Å². The number of ether oxygens (including phenoxy) is 3. The van der Waals surface area contributed by atoms with Crippen molar-refractivity contribution in [1.29, 1.82) is 0 Å². The number of hydrogen-bond acceptors (Lipinski definition) is 7. The first-order valence-corrected chi connectivity index (χ1v) is 18.4. The largest absolute Gasteiger partial charge is 0.466 e. The highest BCUT2D eigenvalue weighted by molar-refractivity contribution is 6.99. The lowest BCUT2D eigenvalue weighted by atomic mass is 9.93. The molecular formula is C38H50O7Si. The fraction of sp³-hybridized carbons (Fsp3) is 0.474. The van der Waals surface area contributed by atoms with E-state index in [1.165, 1.54) is 10.4 Å². The van der Waals surface area contributed by atoms with E-state index in [4.69, 9.17) is 18.6 Å². The summed E-state index contributed by atoms with van der Waals surface area (Å²) in [7, 11) is -2.89. The van der Waals surface area contributed by atoms with Crippen LogP contribution in [0.4, 0.5) is 0 Å². The topological polar surface area (TPSA) is 91.3 Å². The van der Waals surface area contributed by atoms with Crippen LogP contribution in [0.2, 0.25) is 5.04 Å². The Morgan fingerprint density at radius 2 is 1.54 bits per heavy atom. The molecule has 1 aliphatic heterocycles. The van der Waals surface area contributed by atoms with Gasteiger partial charge < -0.3 is 23.7 Å². The van der Waals surface area contributed by atoms with Crippen LogP contribution in [0.15, 0.2) is 91.0 Å². The Morgan fingerprint density at radius 3 is 2.11 bits per heavy atom. The first-order valence-electron chi connectivity index (χ1n) is 16.5. The lowest BCUT2D eigenvalue weighted by Gasteiger charge is -2.46. The third-order valence-corrected chi connectivity index (χ3v) is 13.7. The molecule has 8 heteroatoms. The fourth-order valence-corrected chi connectivity index (χ4v) is 11.2. The standard InChI is InChI=1S/C38H50O7Si/c1-5-43-36(40)26-31(39)28-38(41)24-15-18-32(44-38)27-33(23-25-42-29-30-16-9-6-10-17-30)45-46(37(2,3)4,34-19-11-7-12-20-34)35-21-13-8-14-22-35/h6-14,16-17,19-22,32-33,41H,5,15,18,23-29H2,1-4H3/t32-,33-,38?/m0/s1. The second kappa shape index (κ2) is 16.6. The van der Waals surface area contributed by atoms with Gasteiger partial charge in [-0.2, -0.15) is 0 Å². The number of ketones is 1. The third kappa shape index (κ3) is 9.69. The zero-order valence-corrected chi connectivity index (χ0v) is 28.8. The second-order valence-electron chi connectivity index (χ2n) is 13.2. The number of benzene rings is 3. The van der Waals surface area contributed by atoms with E-state index < -0.39 is 25.9 Å². The number of hydrogen-bond donors (Lipinski definition) is 1. The predicted octanol–water partition coefficient (Wildman–Crippen LogP) is 6.10. The van der Waals surface area contributed by atoms with E-state index in [1.807, 2.05) is 30.3 Å². The van der Waals surface area contributed by atoms with Gasteiger partial charge in [0.1, 0.15) is 12.2 Å². The summed E-state index contributed by atoms with van der Waals surface area (Å²) in [5.41, 5.74) is 1.11. The van der Waals surface area contributed by atoms with Crippen molar-refractivity contribution in [3.8, 4) is 0 Å². The quantitative estimate of drug-likeness (QED) is 0.0871. The van der Waals surface area contributed by atoms with Crippen molar-refractivity contribution in [3.63, 3.8) is 0 Å². The Morgan fingerprint density at radius 1 is 0.957 bits per heavy atom. The highest BCUT2D eigenvalue weighted by atomic mass is 28.4. The van der Waals surface area contributed by atoms with Gasteiger partial charge in [0.15, 0.2) is 5.79 Å². The molecule has 1 saturated heterocycles. The molecule has 4 rings (SSSR count). The molecule has 0 aromatic heterocycles. The van der Waals surface area contributed by atoms with Gasteiger partial charge in [-0.25, -0.2) is 0 Å². The normalized spacial score (nSPS) is 19.4. The van der Waals surface area contributed by atoms with Crippen LogP contribution in [-0.2, 0) is 34.8 Å². The van der Waals surface area contributed by atoms with Gasteiger partial charge in [0.25, 0.3) is 8.32 Å². The second-order valence-corrected chi connectivity index (χ2v) is 17.5. The first-order chi connectivity index (χ1) is 22.0. The van der Waals surface area contributed by atoms with E-state index in [9.17, 15) is 14.7 Å². The lowest BCUT2D eigenvalue weighted by molar-refractivity contribution is -0.257. The molecule has 1 fully saturated rings. The lowest BCUT2D eigenvalue weighted by Crippen LogP contribution is -2.68. The van der Waals surface area contributed by atoms with E-state index >= 15 is 0 Å². The van der Waals surface area contributed by atoms with Crippen LogP contribution < -0.4 is 10.4 Å². The van der Waals surface area contributed by atoms with Gasteiger partial charge in [-0.15, -0.1) is 0 Å². The molecule has 0 spiro atoms. The van der Waals surface area contributed by atoms with Gasteiger partial charge in [-0.3, -0.25) is 9.59 Å². The smallest absolute Gasteiger partial charge is 0.313 e. The highest BCUT2D eigenvalue weighted by Gasteiger charge is 2.52. The molecule has 1 N–H and O–H groups in total. The van der Waals surface area contributed by atoms with Crippen molar-refractivity contribution in [2.75, 3.05) is 13.2 Å². The van der Waals surface area contributed by atoms with E-state index in [0.717, 1.165) is 12.0 Å². The number of Topliss-reactive ketones (excluding diaryl/α,β-unsaturated/α-hetero) is 1. The van der Waals surface area contributed by atoms with Crippen LogP contribution >= 0.6 is 0 Å². The van der Waals surface area contributed by atoms with E-state index in [2.05, 4.69) is 81.4 Å². The molecule has 3 aromatic carbocycles. The van der Waals surface area contributed by atoms with Gasteiger partial charge in [0.2, 0.25) is 0 Å². The Kier molecular flexibility index (Phi) is 12.9. The Balaban J connectivity index is 1.59. The van der Waals surface area contributed by atoms with Crippen molar-refractivity contribution in [2.24, 2.45) is 0 Å². The van der Waals surface area contributed by atoms with Crippen LogP contribution in [-0.4, -0.2) is 56.4 Å². The molecule has 0 amide bonds. The Bertz CT molecular complexity index is 1320. The van der Waals surface area contributed by atoms with Crippen molar-refractivity contribution in [2.45, 2.75) is 102 Å². The molecule has 0 saturated carbocycles. The average molecular weight is 647 g/mol. The summed E-state index contributed by atoms with van der Waals surface area (Å²) in [5, 5.41) is 13.5. The minimum Gasteiger partial charge on any atom is -0.466 e. The van der Waals surface area contributed by atoms with Gasteiger partial charge in [-0.1, -0.05) is 112 Å². The zero-order valence-electron chi connectivity index (χ0n) is 27.8. The molecule has 248 valence electrons. The molecule has 0 radical (unpaired) electrons. The summed E-state index contributed by atoms with van der Waals surface area (Å²) in [4.78, 5) is 24.5. The fourth-order valence-electron chi connectivity index (χ4n) is 6.51. The number of carbonyl (C=O) groups is 2. The first kappa shape index (κ1) is 35.7. The number of aliphatic hydroxyl groups is 1.